The fraction of sp³-hybridized carbons (Fsp3) is 0.0189. The summed E-state index contributed by atoms with van der Waals surface area (Å²) in [6, 6.07) is 58.4. The monoisotopic (exact) mass is 742 g/mol. The van der Waals surface area contributed by atoms with E-state index >= 15 is 0 Å². The van der Waals surface area contributed by atoms with Crippen molar-refractivity contribution in [3.8, 4) is 44.9 Å². The van der Waals surface area contributed by atoms with E-state index in [1.807, 2.05) is 18.2 Å². The molecule has 0 radical (unpaired) electrons. The summed E-state index contributed by atoms with van der Waals surface area (Å²) in [5.41, 5.74) is 16.9. The van der Waals surface area contributed by atoms with E-state index in [9.17, 15) is 0 Å². The molecule has 0 saturated heterocycles. The van der Waals surface area contributed by atoms with Gasteiger partial charge < -0.3 is 13.6 Å². The number of aromatic nitrogens is 4. The Kier molecular flexibility index (Phi) is 7.23. The highest BCUT2D eigenvalue weighted by Gasteiger charge is 2.20. The van der Waals surface area contributed by atoms with Crippen LogP contribution < -0.4 is 0 Å². The van der Waals surface area contributed by atoms with Gasteiger partial charge in [-0.05, 0) is 89.9 Å². The molecule has 0 fully saturated rings. The van der Waals surface area contributed by atoms with Gasteiger partial charge >= 0.3 is 0 Å². The van der Waals surface area contributed by atoms with Crippen LogP contribution in [0.15, 0.2) is 187 Å². The van der Waals surface area contributed by atoms with Crippen molar-refractivity contribution in [2.75, 3.05) is 0 Å². The Hall–Kier alpha value is -7.76. The number of furan rings is 1. The van der Waals surface area contributed by atoms with E-state index in [0.29, 0.717) is 5.58 Å². The third-order valence-corrected chi connectivity index (χ3v) is 11.7. The summed E-state index contributed by atoms with van der Waals surface area (Å²) in [5.74, 6) is 0. The van der Waals surface area contributed by atoms with Crippen molar-refractivity contribution in [3.05, 3.63) is 194 Å². The Balaban J connectivity index is 0.957. The number of hydrogen-bond acceptors (Lipinski definition) is 3. The van der Waals surface area contributed by atoms with Gasteiger partial charge in [-0.1, -0.05) is 121 Å². The van der Waals surface area contributed by atoms with E-state index in [1.165, 1.54) is 49.7 Å². The van der Waals surface area contributed by atoms with Crippen LogP contribution in [0.25, 0.3) is 112 Å². The van der Waals surface area contributed by atoms with Crippen LogP contribution >= 0.6 is 0 Å². The lowest BCUT2D eigenvalue weighted by atomic mass is 10.00. The van der Waals surface area contributed by atoms with Gasteiger partial charge in [-0.15, -0.1) is 0 Å². The standard InChI is InChI=1S/C53H34N4O/c1-4-13-34(14-5-1)40-19-12-20-43-51-53(58-52(40)43)50(54-33-55-51)35-23-27-39(28-24-35)57-47-22-11-10-18-42(47)45-32-37(26-30-49(45)57)36-25-29-48-44(31-36)41-17-8-3-9-21-46(41)56(48)38-15-6-2-7-16-38/h1-2,4-33H,3H2. The van der Waals surface area contributed by atoms with Crippen LogP contribution in [0.5, 0.6) is 0 Å². The Morgan fingerprint density at radius 1 is 0.448 bits per heavy atom. The zero-order chi connectivity index (χ0) is 38.2. The third kappa shape index (κ3) is 4.97. The number of para-hydroxylation sites is 3. The van der Waals surface area contributed by atoms with Gasteiger partial charge in [0, 0.05) is 49.6 Å². The van der Waals surface area contributed by atoms with Crippen LogP contribution in [0.3, 0.4) is 0 Å². The zero-order valence-corrected chi connectivity index (χ0v) is 31.4. The maximum absolute atomic E-state index is 6.63. The topological polar surface area (TPSA) is 48.8 Å². The van der Waals surface area contributed by atoms with Crippen LogP contribution in [0, 0.1) is 0 Å². The molecule has 272 valence electrons. The third-order valence-electron chi connectivity index (χ3n) is 11.7. The van der Waals surface area contributed by atoms with Gasteiger partial charge in [0.2, 0.25) is 0 Å². The van der Waals surface area contributed by atoms with Gasteiger partial charge in [0.15, 0.2) is 5.58 Å². The number of allylic oxidation sites excluding steroid dienone is 2. The minimum absolute atomic E-state index is 0.691. The molecule has 4 aromatic heterocycles. The second kappa shape index (κ2) is 12.9. The number of nitrogens with zero attached hydrogens (tertiary/aromatic N) is 4. The molecule has 0 bridgehead atoms. The molecule has 5 nitrogen and oxygen atoms in total. The molecule has 0 N–H and O–H groups in total. The summed E-state index contributed by atoms with van der Waals surface area (Å²) in [6.07, 6.45) is 11.6. The lowest BCUT2D eigenvalue weighted by molar-refractivity contribution is 0.668. The molecular formula is C53H34N4O. The highest BCUT2D eigenvalue weighted by molar-refractivity contribution is 6.12. The molecule has 0 saturated carbocycles. The second-order valence-electron chi connectivity index (χ2n) is 14.9. The largest absolute Gasteiger partial charge is 0.451 e. The molecular weight excluding hydrogens is 709 g/mol. The maximum Gasteiger partial charge on any atom is 0.180 e. The summed E-state index contributed by atoms with van der Waals surface area (Å²) < 4.78 is 11.4. The summed E-state index contributed by atoms with van der Waals surface area (Å²) in [4.78, 5) is 9.43. The molecule has 0 atom stereocenters. The Morgan fingerprint density at radius 2 is 1.10 bits per heavy atom. The summed E-state index contributed by atoms with van der Waals surface area (Å²) in [6.45, 7) is 0. The molecule has 58 heavy (non-hydrogen) atoms. The molecule has 0 spiro atoms. The molecule has 5 heteroatoms. The van der Waals surface area contributed by atoms with Crippen LogP contribution in [0.2, 0.25) is 0 Å². The maximum atomic E-state index is 6.63. The van der Waals surface area contributed by atoms with Gasteiger partial charge in [-0.2, -0.15) is 0 Å². The molecule has 1 aliphatic rings. The second-order valence-corrected chi connectivity index (χ2v) is 14.9. The van der Waals surface area contributed by atoms with Crippen LogP contribution in [-0.2, 0) is 0 Å². The molecule has 0 amide bonds. The molecule has 4 heterocycles. The SMILES string of the molecule is C1=Cc2c(n(-c3ccccc3)c3ccc(-c4ccc5c(c4)c4ccccc4n5-c4ccc(-c5ncnc6c5oc5c(-c7ccccc7)cccc56)cc4)cc23)C=CC1. The van der Waals surface area contributed by atoms with Gasteiger partial charge in [0.05, 0.1) is 22.2 Å². The zero-order valence-electron chi connectivity index (χ0n) is 31.4. The van der Waals surface area contributed by atoms with Crippen molar-refractivity contribution in [1.29, 1.82) is 0 Å². The van der Waals surface area contributed by atoms with Crippen molar-refractivity contribution < 1.29 is 4.42 Å². The molecule has 1 aliphatic carbocycles. The van der Waals surface area contributed by atoms with E-state index < -0.39 is 0 Å². The van der Waals surface area contributed by atoms with E-state index in [1.54, 1.807) is 6.33 Å². The number of benzene rings is 7. The smallest absolute Gasteiger partial charge is 0.180 e. The van der Waals surface area contributed by atoms with Crippen molar-refractivity contribution >= 4 is 66.9 Å². The fourth-order valence-electron chi connectivity index (χ4n) is 9.00. The predicted octanol–water partition coefficient (Wildman–Crippen LogP) is 13.8. The average Bonchev–Trinajstić information content (AvgIpc) is 3.86. The van der Waals surface area contributed by atoms with E-state index in [0.717, 1.165) is 62.0 Å². The summed E-state index contributed by atoms with van der Waals surface area (Å²) in [5, 5.41) is 4.67. The molecule has 7 aromatic carbocycles. The van der Waals surface area contributed by atoms with Crippen molar-refractivity contribution in [3.63, 3.8) is 0 Å². The number of hydrogen-bond donors (Lipinski definition) is 0. The van der Waals surface area contributed by atoms with E-state index in [2.05, 4.69) is 184 Å². The van der Waals surface area contributed by atoms with Gasteiger partial charge in [0.25, 0.3) is 0 Å². The summed E-state index contributed by atoms with van der Waals surface area (Å²) in [7, 11) is 0. The molecule has 0 aliphatic heterocycles. The number of fused-ring (bicyclic) bond motifs is 9. The quantitative estimate of drug-likeness (QED) is 0.176. The van der Waals surface area contributed by atoms with Crippen molar-refractivity contribution in [1.82, 2.24) is 19.1 Å². The van der Waals surface area contributed by atoms with Crippen molar-refractivity contribution in [2.24, 2.45) is 0 Å². The first kappa shape index (κ1) is 32.5. The molecule has 12 rings (SSSR count). The normalized spacial score (nSPS) is 12.6. The highest BCUT2D eigenvalue weighted by Crippen LogP contribution is 2.41. The van der Waals surface area contributed by atoms with Gasteiger partial charge in [0.1, 0.15) is 23.1 Å². The Labute approximate surface area is 334 Å². The highest BCUT2D eigenvalue weighted by atomic mass is 16.3. The van der Waals surface area contributed by atoms with Crippen LogP contribution in [0.4, 0.5) is 0 Å². The fourth-order valence-corrected chi connectivity index (χ4v) is 9.00. The van der Waals surface area contributed by atoms with E-state index in [4.69, 9.17) is 9.40 Å². The molecule has 0 unspecified atom stereocenters. The van der Waals surface area contributed by atoms with Crippen LogP contribution in [-0.4, -0.2) is 19.1 Å². The Morgan fingerprint density at radius 3 is 1.93 bits per heavy atom. The average molecular weight is 743 g/mol. The van der Waals surface area contributed by atoms with Gasteiger partial charge in [-0.3, -0.25) is 0 Å². The summed E-state index contributed by atoms with van der Waals surface area (Å²) >= 11 is 0. The van der Waals surface area contributed by atoms with E-state index in [-0.39, 0.29) is 0 Å². The lowest BCUT2D eigenvalue weighted by Gasteiger charge is -2.10. The van der Waals surface area contributed by atoms with Gasteiger partial charge in [-0.25, -0.2) is 9.97 Å². The number of rotatable bonds is 5. The van der Waals surface area contributed by atoms with Crippen molar-refractivity contribution in [2.45, 2.75) is 6.42 Å². The first-order valence-corrected chi connectivity index (χ1v) is 19.7. The minimum Gasteiger partial charge on any atom is -0.451 e. The van der Waals surface area contributed by atoms with Crippen LogP contribution in [0.1, 0.15) is 17.7 Å². The molecule has 11 aromatic rings. The first-order valence-electron chi connectivity index (χ1n) is 19.7. The predicted molar refractivity (Wildman–Crippen MR) is 239 cm³/mol. The first-order chi connectivity index (χ1) is 28.8. The minimum atomic E-state index is 0.691. The lowest BCUT2D eigenvalue weighted by Crippen LogP contribution is -1.96. The Bertz CT molecular complexity index is 3460.